The summed E-state index contributed by atoms with van der Waals surface area (Å²) in [5.41, 5.74) is 2.89. The molecule has 0 aliphatic rings. The minimum absolute atomic E-state index is 0.470. The van der Waals surface area contributed by atoms with Crippen molar-refractivity contribution in [3.63, 3.8) is 0 Å². The maximum atomic E-state index is 11.3. The van der Waals surface area contributed by atoms with E-state index in [0.717, 1.165) is 27.0 Å². The predicted octanol–water partition coefficient (Wildman–Crippen LogP) is 3.58. The van der Waals surface area contributed by atoms with E-state index in [1.807, 2.05) is 31.4 Å². The standard InChI is InChI=1S/C14H11BrN4OS/c1-8-3-9(2)17-14(16-8)19-5-10(6-20)13(18-19)12-4-11(15)7-21-12/h3-7H,1-2H3. The first kappa shape index (κ1) is 14.1. The number of carbonyl (C=O) groups excluding carboxylic acids is 1. The van der Waals surface area contributed by atoms with Crippen molar-refractivity contribution in [2.24, 2.45) is 0 Å². The fourth-order valence-corrected chi connectivity index (χ4v) is 3.45. The zero-order valence-electron chi connectivity index (χ0n) is 11.4. The SMILES string of the molecule is Cc1cc(C)nc(-n2cc(C=O)c(-c3cc(Br)cs3)n2)n1. The molecule has 106 valence electrons. The molecule has 0 aromatic carbocycles. The van der Waals surface area contributed by atoms with Crippen LogP contribution in [0.1, 0.15) is 21.7 Å². The van der Waals surface area contributed by atoms with Crippen LogP contribution >= 0.6 is 27.3 Å². The molecule has 0 amide bonds. The number of aromatic nitrogens is 4. The molecule has 0 aliphatic heterocycles. The summed E-state index contributed by atoms with van der Waals surface area (Å²) in [6.45, 7) is 3.80. The Morgan fingerprint density at radius 2 is 1.95 bits per heavy atom. The number of carbonyl (C=O) groups is 1. The molecule has 0 N–H and O–H groups in total. The smallest absolute Gasteiger partial charge is 0.250 e. The Labute approximate surface area is 133 Å². The fraction of sp³-hybridized carbons (Fsp3) is 0.143. The summed E-state index contributed by atoms with van der Waals surface area (Å²) in [5, 5.41) is 6.42. The highest BCUT2D eigenvalue weighted by Crippen LogP contribution is 2.30. The second-order valence-corrected chi connectivity index (χ2v) is 6.40. The first-order chi connectivity index (χ1) is 10.1. The van der Waals surface area contributed by atoms with Gasteiger partial charge in [0, 0.05) is 27.4 Å². The zero-order chi connectivity index (χ0) is 15.0. The van der Waals surface area contributed by atoms with Gasteiger partial charge in [0.15, 0.2) is 6.29 Å². The molecule has 7 heteroatoms. The van der Waals surface area contributed by atoms with Gasteiger partial charge in [-0.2, -0.15) is 5.10 Å². The summed E-state index contributed by atoms with van der Waals surface area (Å²) in [6, 6.07) is 3.83. The molecule has 0 saturated heterocycles. The van der Waals surface area contributed by atoms with E-state index >= 15 is 0 Å². The second-order valence-electron chi connectivity index (χ2n) is 4.58. The van der Waals surface area contributed by atoms with Crippen LogP contribution in [0.25, 0.3) is 16.5 Å². The minimum Gasteiger partial charge on any atom is -0.298 e. The van der Waals surface area contributed by atoms with E-state index in [1.54, 1.807) is 10.9 Å². The molecule has 0 fully saturated rings. The van der Waals surface area contributed by atoms with Gasteiger partial charge in [0.25, 0.3) is 5.95 Å². The van der Waals surface area contributed by atoms with E-state index in [0.29, 0.717) is 17.2 Å². The maximum absolute atomic E-state index is 11.3. The predicted molar refractivity (Wildman–Crippen MR) is 85.0 cm³/mol. The van der Waals surface area contributed by atoms with Gasteiger partial charge in [0.05, 0.1) is 10.4 Å². The molecule has 0 radical (unpaired) electrons. The first-order valence-electron chi connectivity index (χ1n) is 6.19. The number of halogens is 1. The van der Waals surface area contributed by atoms with Gasteiger partial charge in [-0.25, -0.2) is 14.6 Å². The average Bonchev–Trinajstić information content (AvgIpc) is 3.03. The highest BCUT2D eigenvalue weighted by atomic mass is 79.9. The lowest BCUT2D eigenvalue weighted by Crippen LogP contribution is -2.04. The molecule has 3 rings (SSSR count). The van der Waals surface area contributed by atoms with Crippen LogP contribution < -0.4 is 0 Å². The van der Waals surface area contributed by atoms with Gasteiger partial charge in [0.1, 0.15) is 5.69 Å². The van der Waals surface area contributed by atoms with E-state index in [9.17, 15) is 4.79 Å². The van der Waals surface area contributed by atoms with Gasteiger partial charge < -0.3 is 0 Å². The lowest BCUT2D eigenvalue weighted by molar-refractivity contribution is 0.112. The van der Waals surface area contributed by atoms with Gasteiger partial charge >= 0.3 is 0 Å². The second kappa shape index (κ2) is 5.50. The summed E-state index contributed by atoms with van der Waals surface area (Å²) in [4.78, 5) is 20.9. The molecule has 0 bridgehead atoms. The highest BCUT2D eigenvalue weighted by Gasteiger charge is 2.15. The number of aryl methyl sites for hydroxylation is 2. The number of aldehydes is 1. The largest absolute Gasteiger partial charge is 0.298 e. The maximum Gasteiger partial charge on any atom is 0.250 e. The quantitative estimate of drug-likeness (QED) is 0.668. The molecular formula is C14H11BrN4OS. The summed E-state index contributed by atoms with van der Waals surface area (Å²) in [5.74, 6) is 0.470. The lowest BCUT2D eigenvalue weighted by Gasteiger charge is -2.02. The molecule has 3 aromatic rings. The van der Waals surface area contributed by atoms with Gasteiger partial charge in [-0.1, -0.05) is 0 Å². The van der Waals surface area contributed by atoms with Crippen LogP contribution in [0.2, 0.25) is 0 Å². The van der Waals surface area contributed by atoms with Crippen molar-refractivity contribution in [2.45, 2.75) is 13.8 Å². The summed E-state index contributed by atoms with van der Waals surface area (Å²) in [7, 11) is 0. The average molecular weight is 363 g/mol. The number of nitrogens with zero attached hydrogens (tertiary/aromatic N) is 4. The zero-order valence-corrected chi connectivity index (χ0v) is 13.8. The van der Waals surface area contributed by atoms with Gasteiger partial charge in [-0.05, 0) is 41.9 Å². The van der Waals surface area contributed by atoms with Crippen LogP contribution in [0.15, 0.2) is 28.2 Å². The fourth-order valence-electron chi connectivity index (χ4n) is 2.01. The molecule has 5 nitrogen and oxygen atoms in total. The number of hydrogen-bond acceptors (Lipinski definition) is 5. The van der Waals surface area contributed by atoms with E-state index in [-0.39, 0.29) is 0 Å². The van der Waals surface area contributed by atoms with Crippen molar-refractivity contribution in [3.05, 3.63) is 45.1 Å². The molecular weight excluding hydrogens is 352 g/mol. The Balaban J connectivity index is 2.13. The molecule has 3 heterocycles. The molecule has 3 aromatic heterocycles. The van der Waals surface area contributed by atoms with Crippen molar-refractivity contribution in [2.75, 3.05) is 0 Å². The third kappa shape index (κ3) is 2.79. The van der Waals surface area contributed by atoms with E-state index in [4.69, 9.17) is 0 Å². The topological polar surface area (TPSA) is 60.7 Å². The van der Waals surface area contributed by atoms with Crippen molar-refractivity contribution in [1.82, 2.24) is 19.7 Å². The first-order valence-corrected chi connectivity index (χ1v) is 7.86. The van der Waals surface area contributed by atoms with E-state index < -0.39 is 0 Å². The summed E-state index contributed by atoms with van der Waals surface area (Å²) < 4.78 is 2.52. The number of thiophene rings is 1. The van der Waals surface area contributed by atoms with Crippen molar-refractivity contribution in [3.8, 4) is 16.5 Å². The molecule has 21 heavy (non-hydrogen) atoms. The molecule has 0 atom stereocenters. The highest BCUT2D eigenvalue weighted by molar-refractivity contribution is 9.10. The molecule has 0 spiro atoms. The third-order valence-electron chi connectivity index (χ3n) is 2.85. The molecule has 0 saturated carbocycles. The van der Waals surface area contributed by atoms with Crippen LogP contribution in [0, 0.1) is 13.8 Å². The van der Waals surface area contributed by atoms with Crippen LogP contribution in [0.3, 0.4) is 0 Å². The Bertz CT molecular complexity index is 804. The summed E-state index contributed by atoms with van der Waals surface area (Å²) in [6.07, 6.45) is 2.46. The third-order valence-corrected chi connectivity index (χ3v) is 4.54. The lowest BCUT2D eigenvalue weighted by atomic mass is 10.2. The number of rotatable bonds is 3. The van der Waals surface area contributed by atoms with Gasteiger partial charge in [0.2, 0.25) is 0 Å². The van der Waals surface area contributed by atoms with Crippen molar-refractivity contribution in [1.29, 1.82) is 0 Å². The molecule has 0 unspecified atom stereocenters. The van der Waals surface area contributed by atoms with E-state index in [2.05, 4.69) is 31.0 Å². The van der Waals surface area contributed by atoms with Crippen LogP contribution in [-0.2, 0) is 0 Å². The van der Waals surface area contributed by atoms with E-state index in [1.165, 1.54) is 11.3 Å². The van der Waals surface area contributed by atoms with Gasteiger partial charge in [-0.3, -0.25) is 4.79 Å². The van der Waals surface area contributed by atoms with Crippen LogP contribution in [0.5, 0.6) is 0 Å². The molecule has 0 aliphatic carbocycles. The van der Waals surface area contributed by atoms with Gasteiger partial charge in [-0.15, -0.1) is 11.3 Å². The van der Waals surface area contributed by atoms with Crippen LogP contribution in [-0.4, -0.2) is 26.0 Å². The Morgan fingerprint density at radius 1 is 1.24 bits per heavy atom. The normalized spacial score (nSPS) is 10.8. The number of hydrogen-bond donors (Lipinski definition) is 0. The minimum atomic E-state index is 0.470. The summed E-state index contributed by atoms with van der Waals surface area (Å²) >= 11 is 4.93. The Hall–Kier alpha value is -1.86. The van der Waals surface area contributed by atoms with Crippen molar-refractivity contribution >= 4 is 33.6 Å². The van der Waals surface area contributed by atoms with Crippen LogP contribution in [0.4, 0.5) is 0 Å². The monoisotopic (exact) mass is 362 g/mol. The van der Waals surface area contributed by atoms with Crippen molar-refractivity contribution < 1.29 is 4.79 Å². The Kier molecular flexibility index (Phi) is 3.69. The Morgan fingerprint density at radius 3 is 2.52 bits per heavy atom.